The van der Waals surface area contributed by atoms with Gasteiger partial charge in [-0.15, -0.1) is 0 Å². The fourth-order valence-corrected chi connectivity index (χ4v) is 3.80. The maximum Gasteiger partial charge on any atom is 0.416 e. The molecule has 168 valence electrons. The molecule has 0 spiro atoms. The van der Waals surface area contributed by atoms with E-state index in [9.17, 15) is 27.6 Å². The SMILES string of the molecule is CCN1C(=O)NC(c2ccccc2C(F)(F)F)C2=C1CN(CC(=O)NCC(C)C)C2=O. The van der Waals surface area contributed by atoms with Crippen LogP contribution in [0, 0.1) is 5.92 Å². The number of carbonyl (C=O) groups excluding carboxylic acids is 3. The van der Waals surface area contributed by atoms with Gasteiger partial charge in [-0.2, -0.15) is 13.2 Å². The number of hydrogen-bond acceptors (Lipinski definition) is 3. The number of nitrogens with one attached hydrogen (secondary N) is 2. The molecule has 3 rings (SSSR count). The monoisotopic (exact) mass is 438 g/mol. The number of hydrogen-bond donors (Lipinski definition) is 2. The highest BCUT2D eigenvalue weighted by Crippen LogP contribution is 2.41. The molecule has 1 unspecified atom stereocenters. The van der Waals surface area contributed by atoms with Gasteiger partial charge in [-0.3, -0.25) is 14.5 Å². The minimum Gasteiger partial charge on any atom is -0.354 e. The van der Waals surface area contributed by atoms with Crippen molar-refractivity contribution in [3.8, 4) is 0 Å². The van der Waals surface area contributed by atoms with Gasteiger partial charge in [-0.05, 0) is 24.5 Å². The molecule has 2 heterocycles. The van der Waals surface area contributed by atoms with Crippen LogP contribution >= 0.6 is 0 Å². The number of nitrogens with zero attached hydrogens (tertiary/aromatic N) is 2. The van der Waals surface area contributed by atoms with E-state index >= 15 is 0 Å². The lowest BCUT2D eigenvalue weighted by molar-refractivity contribution is -0.138. The Hall–Kier alpha value is -3.04. The predicted molar refractivity (Wildman–Crippen MR) is 107 cm³/mol. The second-order valence-electron chi connectivity index (χ2n) is 7.93. The molecule has 2 aliphatic heterocycles. The van der Waals surface area contributed by atoms with Crippen LogP contribution in [0.25, 0.3) is 0 Å². The van der Waals surface area contributed by atoms with Gasteiger partial charge in [0, 0.05) is 13.1 Å². The van der Waals surface area contributed by atoms with Crippen molar-refractivity contribution in [3.63, 3.8) is 0 Å². The molecule has 0 saturated carbocycles. The van der Waals surface area contributed by atoms with Crippen LogP contribution in [0.15, 0.2) is 35.5 Å². The van der Waals surface area contributed by atoms with Crippen LogP contribution in [0.3, 0.4) is 0 Å². The Morgan fingerprint density at radius 1 is 1.26 bits per heavy atom. The van der Waals surface area contributed by atoms with Crippen molar-refractivity contribution in [3.05, 3.63) is 46.7 Å². The summed E-state index contributed by atoms with van der Waals surface area (Å²) in [5.41, 5.74) is -0.728. The summed E-state index contributed by atoms with van der Waals surface area (Å²) in [6.07, 6.45) is -4.65. The molecule has 0 radical (unpaired) electrons. The number of amides is 4. The zero-order chi connectivity index (χ0) is 22.9. The highest BCUT2D eigenvalue weighted by molar-refractivity contribution is 6.03. The highest BCUT2D eigenvalue weighted by atomic mass is 19.4. The molecule has 1 aromatic carbocycles. The lowest BCUT2D eigenvalue weighted by atomic mass is 9.91. The minimum atomic E-state index is -4.65. The molecule has 0 saturated heterocycles. The average molecular weight is 438 g/mol. The number of rotatable bonds is 6. The molecule has 1 aromatic rings. The molecule has 0 bridgehead atoms. The summed E-state index contributed by atoms with van der Waals surface area (Å²) in [6.45, 7) is 5.99. The summed E-state index contributed by atoms with van der Waals surface area (Å²) in [6, 6.07) is 3.03. The van der Waals surface area contributed by atoms with Gasteiger partial charge >= 0.3 is 12.2 Å². The third kappa shape index (κ3) is 4.52. The van der Waals surface area contributed by atoms with Crippen LogP contribution in [0.4, 0.5) is 18.0 Å². The van der Waals surface area contributed by atoms with Crippen molar-refractivity contribution in [2.45, 2.75) is 33.0 Å². The van der Waals surface area contributed by atoms with Gasteiger partial charge in [-0.25, -0.2) is 4.79 Å². The van der Waals surface area contributed by atoms with E-state index in [2.05, 4.69) is 10.6 Å². The number of alkyl halides is 3. The Kier molecular flexibility index (Phi) is 6.28. The van der Waals surface area contributed by atoms with Crippen LogP contribution in [0.5, 0.6) is 0 Å². The van der Waals surface area contributed by atoms with Crippen molar-refractivity contribution in [1.82, 2.24) is 20.4 Å². The second kappa shape index (κ2) is 8.60. The molecule has 0 fully saturated rings. The smallest absolute Gasteiger partial charge is 0.354 e. The first kappa shape index (κ1) is 22.6. The van der Waals surface area contributed by atoms with E-state index in [-0.39, 0.29) is 42.6 Å². The van der Waals surface area contributed by atoms with Gasteiger partial charge in [0.15, 0.2) is 0 Å². The van der Waals surface area contributed by atoms with Gasteiger partial charge in [0.2, 0.25) is 5.91 Å². The molecule has 4 amide bonds. The van der Waals surface area contributed by atoms with Crippen molar-refractivity contribution in [2.75, 3.05) is 26.2 Å². The number of benzene rings is 1. The Labute approximate surface area is 178 Å². The number of carbonyl (C=O) groups is 3. The van der Waals surface area contributed by atoms with Gasteiger partial charge < -0.3 is 15.5 Å². The summed E-state index contributed by atoms with van der Waals surface area (Å²) in [5, 5.41) is 5.26. The van der Waals surface area contributed by atoms with Gasteiger partial charge in [0.25, 0.3) is 5.91 Å². The average Bonchev–Trinajstić information content (AvgIpc) is 3.01. The van der Waals surface area contributed by atoms with Crippen LogP contribution < -0.4 is 10.6 Å². The molecule has 2 N–H and O–H groups in total. The van der Waals surface area contributed by atoms with Crippen molar-refractivity contribution >= 4 is 17.8 Å². The lowest BCUT2D eigenvalue weighted by Gasteiger charge is -2.33. The quantitative estimate of drug-likeness (QED) is 0.717. The molecular formula is C21H25F3N4O3. The second-order valence-corrected chi connectivity index (χ2v) is 7.93. The highest BCUT2D eigenvalue weighted by Gasteiger charge is 2.46. The number of likely N-dealkylation sites (N-methyl/N-ethyl adjacent to an activating group) is 1. The first-order valence-electron chi connectivity index (χ1n) is 10.1. The van der Waals surface area contributed by atoms with Gasteiger partial charge in [0.05, 0.1) is 29.4 Å². The standard InChI is InChI=1S/C21H25F3N4O3/c1-4-28-15-10-27(11-16(29)25-9-12(2)3)19(30)17(15)18(26-20(28)31)13-7-5-6-8-14(13)21(22,23)24/h5-8,12,18H,4,9-11H2,1-3H3,(H,25,29)(H,26,31). The largest absolute Gasteiger partial charge is 0.416 e. The van der Waals surface area contributed by atoms with Crippen LogP contribution in [-0.4, -0.2) is 53.8 Å². The van der Waals surface area contributed by atoms with E-state index in [1.165, 1.54) is 28.0 Å². The van der Waals surface area contributed by atoms with Crippen molar-refractivity contribution in [2.24, 2.45) is 5.92 Å². The predicted octanol–water partition coefficient (Wildman–Crippen LogP) is 2.66. The zero-order valence-electron chi connectivity index (χ0n) is 17.5. The Morgan fingerprint density at radius 3 is 2.55 bits per heavy atom. The first-order chi connectivity index (χ1) is 14.5. The van der Waals surface area contributed by atoms with Gasteiger partial charge in [0.1, 0.15) is 6.54 Å². The number of halogens is 3. The zero-order valence-corrected chi connectivity index (χ0v) is 17.5. The Balaban J connectivity index is 1.96. The summed E-state index contributed by atoms with van der Waals surface area (Å²) >= 11 is 0. The minimum absolute atomic E-state index is 0.0186. The topological polar surface area (TPSA) is 81.8 Å². The van der Waals surface area contributed by atoms with Crippen LogP contribution in [0.2, 0.25) is 0 Å². The fraction of sp³-hybridized carbons (Fsp3) is 0.476. The summed E-state index contributed by atoms with van der Waals surface area (Å²) in [4.78, 5) is 40.6. The van der Waals surface area contributed by atoms with E-state index in [0.717, 1.165) is 6.07 Å². The molecule has 1 atom stereocenters. The molecule has 7 nitrogen and oxygen atoms in total. The third-order valence-electron chi connectivity index (χ3n) is 5.23. The van der Waals surface area contributed by atoms with E-state index < -0.39 is 29.7 Å². The van der Waals surface area contributed by atoms with E-state index in [1.54, 1.807) is 6.92 Å². The van der Waals surface area contributed by atoms with Crippen molar-refractivity contribution in [1.29, 1.82) is 0 Å². The van der Waals surface area contributed by atoms with Crippen molar-refractivity contribution < 1.29 is 27.6 Å². The molecule has 31 heavy (non-hydrogen) atoms. The van der Waals surface area contributed by atoms with E-state index in [1.807, 2.05) is 13.8 Å². The normalized spacial score (nSPS) is 19.1. The van der Waals surface area contributed by atoms with E-state index in [4.69, 9.17) is 0 Å². The van der Waals surface area contributed by atoms with E-state index in [0.29, 0.717) is 12.2 Å². The lowest BCUT2D eigenvalue weighted by Crippen LogP contribution is -2.47. The molecule has 10 heteroatoms. The molecule has 2 aliphatic rings. The van der Waals surface area contributed by atoms with Crippen LogP contribution in [0.1, 0.15) is 37.9 Å². The summed E-state index contributed by atoms with van der Waals surface area (Å²) < 4.78 is 40.8. The fourth-order valence-electron chi connectivity index (χ4n) is 3.80. The Morgan fingerprint density at radius 2 is 1.94 bits per heavy atom. The molecular weight excluding hydrogens is 413 g/mol. The first-order valence-corrected chi connectivity index (χ1v) is 10.1. The molecule has 0 aliphatic carbocycles. The van der Waals surface area contributed by atoms with Crippen LogP contribution in [-0.2, 0) is 15.8 Å². The maximum absolute atomic E-state index is 13.6. The Bertz CT molecular complexity index is 927. The summed E-state index contributed by atoms with van der Waals surface area (Å²) in [7, 11) is 0. The third-order valence-corrected chi connectivity index (χ3v) is 5.23. The van der Waals surface area contributed by atoms with Gasteiger partial charge in [-0.1, -0.05) is 32.0 Å². The maximum atomic E-state index is 13.6. The summed E-state index contributed by atoms with van der Waals surface area (Å²) in [5.74, 6) is -0.697. The molecule has 0 aromatic heterocycles. The number of urea groups is 1.